The molecule has 2 heterocycles. The highest BCUT2D eigenvalue weighted by Gasteiger charge is 2.14. The first-order chi connectivity index (χ1) is 9.26. The first kappa shape index (κ1) is 14.2. The standard InChI is InChI=1S/C15H18FN3O/c1-10-7-12(18-15(2,3)4)14(20)19(9-10)13-6-5-11(16)8-17-13/h5-9,18H,1-4H3. The fourth-order valence-corrected chi connectivity index (χ4v) is 1.89. The van der Waals surface area contributed by atoms with Gasteiger partial charge in [0.15, 0.2) is 0 Å². The molecule has 2 aromatic rings. The molecule has 0 bridgehead atoms. The van der Waals surface area contributed by atoms with Crippen molar-refractivity contribution in [2.45, 2.75) is 33.2 Å². The number of halogens is 1. The Morgan fingerprint density at radius 3 is 2.55 bits per heavy atom. The van der Waals surface area contributed by atoms with Gasteiger partial charge in [-0.3, -0.25) is 9.36 Å². The van der Waals surface area contributed by atoms with Gasteiger partial charge in [0.1, 0.15) is 17.3 Å². The molecule has 0 aliphatic heterocycles. The van der Waals surface area contributed by atoms with Crippen LogP contribution in [0.5, 0.6) is 0 Å². The second-order valence-corrected chi connectivity index (χ2v) is 5.82. The molecule has 2 rings (SSSR count). The highest BCUT2D eigenvalue weighted by atomic mass is 19.1. The number of nitrogens with zero attached hydrogens (tertiary/aromatic N) is 2. The van der Waals surface area contributed by atoms with Crippen LogP contribution in [0.2, 0.25) is 0 Å². The summed E-state index contributed by atoms with van der Waals surface area (Å²) >= 11 is 0. The van der Waals surface area contributed by atoms with Crippen molar-refractivity contribution in [3.05, 3.63) is 52.3 Å². The molecule has 4 nitrogen and oxygen atoms in total. The summed E-state index contributed by atoms with van der Waals surface area (Å²) in [5.41, 5.74) is 0.997. The van der Waals surface area contributed by atoms with Crippen molar-refractivity contribution in [1.29, 1.82) is 0 Å². The van der Waals surface area contributed by atoms with E-state index in [9.17, 15) is 9.18 Å². The Morgan fingerprint density at radius 1 is 1.30 bits per heavy atom. The number of pyridine rings is 2. The van der Waals surface area contributed by atoms with Crippen molar-refractivity contribution in [1.82, 2.24) is 9.55 Å². The van der Waals surface area contributed by atoms with E-state index < -0.39 is 5.82 Å². The van der Waals surface area contributed by atoms with Gasteiger partial charge in [-0.25, -0.2) is 9.37 Å². The third kappa shape index (κ3) is 3.23. The largest absolute Gasteiger partial charge is 0.376 e. The maximum atomic E-state index is 12.9. The summed E-state index contributed by atoms with van der Waals surface area (Å²) in [5, 5.41) is 3.18. The Bertz CT molecular complexity index is 669. The van der Waals surface area contributed by atoms with E-state index in [-0.39, 0.29) is 11.1 Å². The highest BCUT2D eigenvalue weighted by molar-refractivity contribution is 5.47. The van der Waals surface area contributed by atoms with E-state index in [4.69, 9.17) is 0 Å². The summed E-state index contributed by atoms with van der Waals surface area (Å²) in [6.07, 6.45) is 2.79. The van der Waals surface area contributed by atoms with Crippen molar-refractivity contribution < 1.29 is 4.39 Å². The first-order valence-corrected chi connectivity index (χ1v) is 6.40. The lowest BCUT2D eigenvalue weighted by Crippen LogP contribution is -2.32. The molecule has 106 valence electrons. The van der Waals surface area contributed by atoms with E-state index >= 15 is 0 Å². The average molecular weight is 275 g/mol. The van der Waals surface area contributed by atoms with Crippen molar-refractivity contribution in [2.24, 2.45) is 0 Å². The Hall–Kier alpha value is -2.17. The van der Waals surface area contributed by atoms with E-state index in [1.807, 2.05) is 27.7 Å². The summed E-state index contributed by atoms with van der Waals surface area (Å²) in [7, 11) is 0. The molecule has 0 aromatic carbocycles. The number of rotatable bonds is 2. The molecule has 0 unspecified atom stereocenters. The van der Waals surface area contributed by atoms with Crippen LogP contribution in [0.25, 0.3) is 5.82 Å². The number of hydrogen-bond donors (Lipinski definition) is 1. The van der Waals surface area contributed by atoms with Crippen molar-refractivity contribution in [3.63, 3.8) is 0 Å². The molecule has 0 fully saturated rings. The Kier molecular flexibility index (Phi) is 3.61. The molecule has 2 aromatic heterocycles. The number of anilines is 1. The maximum Gasteiger partial charge on any atom is 0.279 e. The van der Waals surface area contributed by atoms with Gasteiger partial charge in [0.2, 0.25) is 0 Å². The van der Waals surface area contributed by atoms with E-state index in [0.29, 0.717) is 11.5 Å². The molecular formula is C15H18FN3O. The predicted molar refractivity (Wildman–Crippen MR) is 77.9 cm³/mol. The van der Waals surface area contributed by atoms with Gasteiger partial charge < -0.3 is 5.32 Å². The normalized spacial score (nSPS) is 11.4. The lowest BCUT2D eigenvalue weighted by molar-refractivity contribution is 0.619. The summed E-state index contributed by atoms with van der Waals surface area (Å²) < 4.78 is 14.3. The lowest BCUT2D eigenvalue weighted by atomic mass is 10.1. The van der Waals surface area contributed by atoms with Crippen LogP contribution >= 0.6 is 0 Å². The highest BCUT2D eigenvalue weighted by Crippen LogP contribution is 2.13. The SMILES string of the molecule is Cc1cc(NC(C)(C)C)c(=O)n(-c2ccc(F)cn2)c1. The van der Waals surface area contributed by atoms with Crippen LogP contribution in [0.4, 0.5) is 10.1 Å². The van der Waals surface area contributed by atoms with Crippen molar-refractivity contribution in [3.8, 4) is 5.82 Å². The quantitative estimate of drug-likeness (QED) is 0.916. The van der Waals surface area contributed by atoms with Crippen molar-refractivity contribution >= 4 is 5.69 Å². The second-order valence-electron chi connectivity index (χ2n) is 5.82. The molecule has 20 heavy (non-hydrogen) atoms. The summed E-state index contributed by atoms with van der Waals surface area (Å²) in [6.45, 7) is 7.84. The van der Waals surface area contributed by atoms with Gasteiger partial charge in [-0.15, -0.1) is 0 Å². The monoisotopic (exact) mass is 275 g/mol. The maximum absolute atomic E-state index is 12.9. The third-order valence-corrected chi connectivity index (χ3v) is 2.62. The number of aryl methyl sites for hydroxylation is 1. The number of nitrogens with one attached hydrogen (secondary N) is 1. The minimum absolute atomic E-state index is 0.204. The van der Waals surface area contributed by atoms with Gasteiger partial charge in [0, 0.05) is 11.7 Å². The molecule has 5 heteroatoms. The zero-order valence-corrected chi connectivity index (χ0v) is 12.1. The molecule has 0 saturated carbocycles. The molecule has 1 N–H and O–H groups in total. The molecule has 0 atom stereocenters. The lowest BCUT2D eigenvalue weighted by Gasteiger charge is -2.22. The summed E-state index contributed by atoms with van der Waals surface area (Å²) in [5.74, 6) is -0.0282. The molecule has 0 aliphatic rings. The average Bonchev–Trinajstić information content (AvgIpc) is 2.33. The van der Waals surface area contributed by atoms with Gasteiger partial charge in [-0.2, -0.15) is 0 Å². The Labute approximate surface area is 117 Å². The van der Waals surface area contributed by atoms with Gasteiger partial charge in [-0.05, 0) is 51.5 Å². The molecular weight excluding hydrogens is 257 g/mol. The number of hydrogen-bond acceptors (Lipinski definition) is 3. The first-order valence-electron chi connectivity index (χ1n) is 6.40. The smallest absolute Gasteiger partial charge is 0.279 e. The van der Waals surface area contributed by atoms with Crippen LogP contribution in [-0.2, 0) is 0 Å². The van der Waals surface area contributed by atoms with Crippen LogP contribution < -0.4 is 10.9 Å². The molecule has 0 aliphatic carbocycles. The Morgan fingerprint density at radius 2 is 2.00 bits per heavy atom. The van der Waals surface area contributed by atoms with E-state index in [0.717, 1.165) is 11.8 Å². The third-order valence-electron chi connectivity index (χ3n) is 2.62. The minimum Gasteiger partial charge on any atom is -0.376 e. The molecule has 0 amide bonds. The van der Waals surface area contributed by atoms with E-state index in [1.165, 1.54) is 16.7 Å². The van der Waals surface area contributed by atoms with E-state index in [2.05, 4.69) is 10.3 Å². The molecule has 0 radical (unpaired) electrons. The zero-order valence-electron chi connectivity index (χ0n) is 12.1. The minimum atomic E-state index is -0.428. The van der Waals surface area contributed by atoms with Gasteiger partial charge in [-0.1, -0.05) is 0 Å². The van der Waals surface area contributed by atoms with Crippen LogP contribution in [0.3, 0.4) is 0 Å². The second kappa shape index (κ2) is 5.07. The Balaban J connectivity index is 2.54. The van der Waals surface area contributed by atoms with Gasteiger partial charge >= 0.3 is 0 Å². The molecule has 0 saturated heterocycles. The molecule has 0 spiro atoms. The fraction of sp³-hybridized carbons (Fsp3) is 0.333. The van der Waals surface area contributed by atoms with Crippen molar-refractivity contribution in [2.75, 3.05) is 5.32 Å². The van der Waals surface area contributed by atoms with Crippen LogP contribution in [0, 0.1) is 12.7 Å². The zero-order chi connectivity index (χ0) is 14.9. The van der Waals surface area contributed by atoms with Crippen LogP contribution in [0.15, 0.2) is 35.4 Å². The summed E-state index contributed by atoms with van der Waals surface area (Å²) in [4.78, 5) is 16.4. The topological polar surface area (TPSA) is 46.9 Å². The fourth-order valence-electron chi connectivity index (χ4n) is 1.89. The predicted octanol–water partition coefficient (Wildman–Crippen LogP) is 2.89. The van der Waals surface area contributed by atoms with Gasteiger partial charge in [0.05, 0.1) is 6.20 Å². The number of aromatic nitrogens is 2. The summed E-state index contributed by atoms with van der Waals surface area (Å²) in [6, 6.07) is 4.57. The van der Waals surface area contributed by atoms with E-state index in [1.54, 1.807) is 12.3 Å². The van der Waals surface area contributed by atoms with Crippen LogP contribution in [0.1, 0.15) is 26.3 Å². The van der Waals surface area contributed by atoms with Crippen LogP contribution in [-0.4, -0.2) is 15.1 Å². The van der Waals surface area contributed by atoms with Gasteiger partial charge in [0.25, 0.3) is 5.56 Å².